The van der Waals surface area contributed by atoms with Gasteiger partial charge in [-0.15, -0.1) is 0 Å². The van der Waals surface area contributed by atoms with Gasteiger partial charge in [0, 0.05) is 12.5 Å². The van der Waals surface area contributed by atoms with E-state index in [1.807, 2.05) is 0 Å². The lowest BCUT2D eigenvalue weighted by Gasteiger charge is -2.24. The first-order chi connectivity index (χ1) is 8.64. The highest BCUT2D eigenvalue weighted by Crippen LogP contribution is 2.38. The van der Waals surface area contributed by atoms with Crippen LogP contribution in [0.3, 0.4) is 0 Å². The summed E-state index contributed by atoms with van der Waals surface area (Å²) in [5.41, 5.74) is 2.74. The Morgan fingerprint density at radius 2 is 2.22 bits per heavy atom. The maximum Gasteiger partial charge on any atom is 0.126 e. The topological polar surface area (TPSA) is 21.3 Å². The second kappa shape index (κ2) is 4.58. The molecule has 2 nitrogen and oxygen atoms in total. The van der Waals surface area contributed by atoms with E-state index in [0.29, 0.717) is 6.04 Å². The van der Waals surface area contributed by atoms with Crippen LogP contribution < -0.4 is 10.1 Å². The highest BCUT2D eigenvalue weighted by atomic mass is 16.5. The summed E-state index contributed by atoms with van der Waals surface area (Å²) in [4.78, 5) is 0. The summed E-state index contributed by atoms with van der Waals surface area (Å²) in [6, 6.07) is 7.26. The van der Waals surface area contributed by atoms with Crippen LogP contribution in [0.25, 0.3) is 0 Å². The Morgan fingerprint density at radius 3 is 3.00 bits per heavy atom. The van der Waals surface area contributed by atoms with Crippen molar-refractivity contribution in [3.63, 3.8) is 0 Å². The van der Waals surface area contributed by atoms with Gasteiger partial charge < -0.3 is 10.1 Å². The molecule has 0 spiro atoms. The first kappa shape index (κ1) is 12.0. The zero-order valence-corrected chi connectivity index (χ0v) is 11.5. The quantitative estimate of drug-likeness (QED) is 0.864. The molecule has 2 heterocycles. The van der Waals surface area contributed by atoms with Crippen molar-refractivity contribution in [2.45, 2.75) is 57.6 Å². The van der Waals surface area contributed by atoms with Gasteiger partial charge in [-0.2, -0.15) is 0 Å². The molecule has 0 radical (unpaired) electrons. The number of fused-ring (bicyclic) bond motifs is 1. The summed E-state index contributed by atoms with van der Waals surface area (Å²) in [6.07, 6.45) is 6.13. The highest BCUT2D eigenvalue weighted by Gasteiger charge is 2.31. The minimum atomic E-state index is -0.0293. The lowest BCUT2D eigenvalue weighted by Crippen LogP contribution is -2.35. The van der Waals surface area contributed by atoms with Gasteiger partial charge in [-0.1, -0.05) is 24.6 Å². The maximum absolute atomic E-state index is 6.14. The van der Waals surface area contributed by atoms with Gasteiger partial charge in [0.25, 0.3) is 0 Å². The Balaban J connectivity index is 1.79. The van der Waals surface area contributed by atoms with Crippen molar-refractivity contribution in [3.8, 4) is 5.75 Å². The van der Waals surface area contributed by atoms with Crippen LogP contribution in [0.2, 0.25) is 0 Å². The largest absolute Gasteiger partial charge is 0.487 e. The fourth-order valence-electron chi connectivity index (χ4n) is 3.20. The molecule has 0 amide bonds. The van der Waals surface area contributed by atoms with Crippen molar-refractivity contribution in [1.82, 2.24) is 5.32 Å². The molecule has 1 aromatic carbocycles. The lowest BCUT2D eigenvalue weighted by atomic mass is 9.95. The number of piperidine rings is 1. The van der Waals surface area contributed by atoms with E-state index in [1.54, 1.807) is 0 Å². The standard InChI is InChI=1S/C16H23NO/c1-16(2)11-13-7-5-6-12(15(13)18-16)10-14-8-3-4-9-17-14/h5-7,14,17H,3-4,8-11H2,1-2H3. The molecule has 0 saturated carbocycles. The normalized spacial score (nSPS) is 25.6. The molecule has 18 heavy (non-hydrogen) atoms. The molecule has 1 N–H and O–H groups in total. The van der Waals surface area contributed by atoms with E-state index in [9.17, 15) is 0 Å². The number of nitrogens with one attached hydrogen (secondary N) is 1. The third-order valence-electron chi connectivity index (χ3n) is 4.05. The summed E-state index contributed by atoms with van der Waals surface area (Å²) in [5.74, 6) is 1.16. The SMILES string of the molecule is CC1(C)Cc2cccc(CC3CCCCN3)c2O1. The second-order valence-corrected chi connectivity index (χ2v) is 6.29. The van der Waals surface area contributed by atoms with E-state index in [4.69, 9.17) is 4.74 Å². The first-order valence-electron chi connectivity index (χ1n) is 7.17. The zero-order chi connectivity index (χ0) is 12.6. The summed E-state index contributed by atoms with van der Waals surface area (Å²) >= 11 is 0. The Kier molecular flexibility index (Phi) is 3.06. The zero-order valence-electron chi connectivity index (χ0n) is 11.5. The summed E-state index contributed by atoms with van der Waals surface area (Å²) in [6.45, 7) is 5.53. The van der Waals surface area contributed by atoms with E-state index in [-0.39, 0.29) is 5.60 Å². The van der Waals surface area contributed by atoms with Crippen LogP contribution >= 0.6 is 0 Å². The molecule has 3 rings (SSSR count). The van der Waals surface area contributed by atoms with Gasteiger partial charge in [0.15, 0.2) is 0 Å². The fourth-order valence-corrected chi connectivity index (χ4v) is 3.20. The second-order valence-electron chi connectivity index (χ2n) is 6.29. The molecule has 1 fully saturated rings. The van der Waals surface area contributed by atoms with E-state index in [2.05, 4.69) is 37.4 Å². The van der Waals surface area contributed by atoms with Crippen molar-refractivity contribution in [2.24, 2.45) is 0 Å². The van der Waals surface area contributed by atoms with Crippen molar-refractivity contribution in [2.75, 3.05) is 6.54 Å². The molecule has 0 aromatic heterocycles. The molecule has 1 unspecified atom stereocenters. The molecule has 0 bridgehead atoms. The molecule has 2 aliphatic heterocycles. The van der Waals surface area contributed by atoms with Gasteiger partial charge in [-0.05, 0) is 50.8 Å². The van der Waals surface area contributed by atoms with Crippen molar-refractivity contribution in [3.05, 3.63) is 29.3 Å². The molecule has 0 aliphatic carbocycles. The van der Waals surface area contributed by atoms with Gasteiger partial charge in [0.1, 0.15) is 11.4 Å². The van der Waals surface area contributed by atoms with Gasteiger partial charge in [-0.25, -0.2) is 0 Å². The monoisotopic (exact) mass is 245 g/mol. The Bertz CT molecular complexity index is 433. The number of hydrogen-bond acceptors (Lipinski definition) is 2. The summed E-state index contributed by atoms with van der Waals surface area (Å²) in [5, 5.41) is 3.62. The highest BCUT2D eigenvalue weighted by molar-refractivity contribution is 5.46. The Labute approximate surface area is 110 Å². The third-order valence-corrected chi connectivity index (χ3v) is 4.05. The van der Waals surface area contributed by atoms with Crippen LogP contribution in [-0.2, 0) is 12.8 Å². The fraction of sp³-hybridized carbons (Fsp3) is 0.625. The lowest BCUT2D eigenvalue weighted by molar-refractivity contribution is 0.137. The van der Waals surface area contributed by atoms with Crippen LogP contribution in [0.4, 0.5) is 0 Å². The van der Waals surface area contributed by atoms with E-state index >= 15 is 0 Å². The van der Waals surface area contributed by atoms with E-state index in [1.165, 1.54) is 36.9 Å². The molecule has 2 heteroatoms. The molecule has 2 aliphatic rings. The van der Waals surface area contributed by atoms with Crippen molar-refractivity contribution in [1.29, 1.82) is 0 Å². The van der Waals surface area contributed by atoms with E-state index < -0.39 is 0 Å². The predicted octanol–water partition coefficient (Wildman–Crippen LogP) is 3.08. The van der Waals surface area contributed by atoms with Gasteiger partial charge >= 0.3 is 0 Å². The molecular weight excluding hydrogens is 222 g/mol. The van der Waals surface area contributed by atoms with E-state index in [0.717, 1.165) is 18.6 Å². The van der Waals surface area contributed by atoms with Gasteiger partial charge in [0.2, 0.25) is 0 Å². The summed E-state index contributed by atoms with van der Waals surface area (Å²) in [7, 11) is 0. The predicted molar refractivity (Wildman–Crippen MR) is 74.2 cm³/mol. The minimum absolute atomic E-state index is 0.0293. The van der Waals surface area contributed by atoms with Crippen molar-refractivity contribution < 1.29 is 4.74 Å². The Morgan fingerprint density at radius 1 is 1.33 bits per heavy atom. The smallest absolute Gasteiger partial charge is 0.126 e. The van der Waals surface area contributed by atoms with Crippen LogP contribution in [0.15, 0.2) is 18.2 Å². The van der Waals surface area contributed by atoms with Crippen LogP contribution in [0.5, 0.6) is 5.75 Å². The maximum atomic E-state index is 6.14. The third kappa shape index (κ3) is 2.39. The number of ether oxygens (including phenoxy) is 1. The molecular formula is C16H23NO. The van der Waals surface area contributed by atoms with Crippen LogP contribution in [-0.4, -0.2) is 18.2 Å². The molecule has 1 atom stereocenters. The van der Waals surface area contributed by atoms with Crippen molar-refractivity contribution >= 4 is 0 Å². The minimum Gasteiger partial charge on any atom is -0.487 e. The number of para-hydroxylation sites is 1. The van der Waals surface area contributed by atoms with Crippen LogP contribution in [0.1, 0.15) is 44.2 Å². The number of benzene rings is 1. The number of hydrogen-bond donors (Lipinski definition) is 1. The average Bonchev–Trinajstić information content (AvgIpc) is 2.66. The van der Waals surface area contributed by atoms with Crippen LogP contribution in [0, 0.1) is 0 Å². The van der Waals surface area contributed by atoms with Gasteiger partial charge in [0.05, 0.1) is 0 Å². The van der Waals surface area contributed by atoms with Gasteiger partial charge in [-0.3, -0.25) is 0 Å². The molecule has 98 valence electrons. The average molecular weight is 245 g/mol. The Hall–Kier alpha value is -1.02. The molecule has 1 aromatic rings. The molecule has 1 saturated heterocycles. The summed E-state index contributed by atoms with van der Waals surface area (Å²) < 4.78 is 6.14. The number of rotatable bonds is 2. The first-order valence-corrected chi connectivity index (χ1v) is 7.17.